The number of amides is 1. The monoisotopic (exact) mass is 213 g/mol. The van der Waals surface area contributed by atoms with Gasteiger partial charge in [-0.1, -0.05) is 13.5 Å². The van der Waals surface area contributed by atoms with Gasteiger partial charge in [0.15, 0.2) is 0 Å². The Kier molecular flexibility index (Phi) is 8.43. The first-order valence-electron chi connectivity index (χ1n) is 5.26. The van der Waals surface area contributed by atoms with Crippen molar-refractivity contribution in [3.63, 3.8) is 0 Å². The molecule has 0 spiro atoms. The van der Waals surface area contributed by atoms with Gasteiger partial charge in [0, 0.05) is 13.0 Å². The second kappa shape index (κ2) is 9.24. The lowest BCUT2D eigenvalue weighted by molar-refractivity contribution is -0.143. The Morgan fingerprint density at radius 2 is 2.13 bits per heavy atom. The standard InChI is InChI=1S/C11H19NO3/c1-3-7-11(14)15-9-6-5-8-12-10(13)4-2/h4H,2-3,5-9H2,1H3,(H,12,13). The molecule has 0 aliphatic rings. The first-order chi connectivity index (χ1) is 7.20. The number of nitrogens with one attached hydrogen (secondary N) is 1. The molecule has 0 aliphatic heterocycles. The number of esters is 1. The maximum Gasteiger partial charge on any atom is 0.305 e. The number of unbranched alkanes of at least 4 members (excludes halogenated alkanes) is 1. The van der Waals surface area contributed by atoms with Crippen LogP contribution in [0.5, 0.6) is 0 Å². The fourth-order valence-corrected chi connectivity index (χ4v) is 0.973. The Morgan fingerprint density at radius 1 is 1.40 bits per heavy atom. The van der Waals surface area contributed by atoms with Crippen molar-refractivity contribution in [1.29, 1.82) is 0 Å². The molecule has 0 aliphatic carbocycles. The molecule has 86 valence electrons. The Bertz CT molecular complexity index is 214. The number of ether oxygens (including phenoxy) is 1. The molecule has 0 aromatic carbocycles. The predicted molar refractivity (Wildman–Crippen MR) is 58.3 cm³/mol. The molecule has 0 unspecified atom stereocenters. The second-order valence-electron chi connectivity index (χ2n) is 3.17. The Hall–Kier alpha value is -1.32. The fraction of sp³-hybridized carbons (Fsp3) is 0.636. The fourth-order valence-electron chi connectivity index (χ4n) is 0.973. The topological polar surface area (TPSA) is 55.4 Å². The van der Waals surface area contributed by atoms with Crippen LogP contribution < -0.4 is 5.32 Å². The van der Waals surface area contributed by atoms with Crippen LogP contribution in [0.1, 0.15) is 32.6 Å². The van der Waals surface area contributed by atoms with E-state index < -0.39 is 0 Å². The van der Waals surface area contributed by atoms with Crippen molar-refractivity contribution in [3.05, 3.63) is 12.7 Å². The van der Waals surface area contributed by atoms with Crippen molar-refractivity contribution in [2.45, 2.75) is 32.6 Å². The van der Waals surface area contributed by atoms with E-state index in [4.69, 9.17) is 4.74 Å². The molecule has 0 saturated carbocycles. The van der Waals surface area contributed by atoms with E-state index in [9.17, 15) is 9.59 Å². The van der Waals surface area contributed by atoms with E-state index in [0.29, 0.717) is 19.6 Å². The molecule has 1 amide bonds. The second-order valence-corrected chi connectivity index (χ2v) is 3.17. The van der Waals surface area contributed by atoms with Crippen LogP contribution in [0.25, 0.3) is 0 Å². The maximum absolute atomic E-state index is 10.9. The van der Waals surface area contributed by atoms with Crippen LogP contribution in [-0.2, 0) is 14.3 Å². The van der Waals surface area contributed by atoms with Gasteiger partial charge in [0.2, 0.25) is 5.91 Å². The average molecular weight is 213 g/mol. The van der Waals surface area contributed by atoms with E-state index >= 15 is 0 Å². The molecule has 4 heteroatoms. The molecule has 0 aromatic rings. The van der Waals surface area contributed by atoms with E-state index in [1.54, 1.807) is 0 Å². The summed E-state index contributed by atoms with van der Waals surface area (Å²) in [6.07, 6.45) is 4.11. The lowest BCUT2D eigenvalue weighted by Gasteiger charge is -2.04. The molecule has 1 N–H and O–H groups in total. The summed E-state index contributed by atoms with van der Waals surface area (Å²) < 4.78 is 4.94. The number of carbonyl (C=O) groups excluding carboxylic acids is 2. The number of carbonyl (C=O) groups is 2. The van der Waals surface area contributed by atoms with Gasteiger partial charge in [-0.25, -0.2) is 0 Å². The molecule has 15 heavy (non-hydrogen) atoms. The van der Waals surface area contributed by atoms with E-state index in [1.165, 1.54) is 6.08 Å². The molecular formula is C11H19NO3. The molecular weight excluding hydrogens is 194 g/mol. The average Bonchev–Trinajstić information content (AvgIpc) is 2.23. The van der Waals surface area contributed by atoms with Crippen molar-refractivity contribution < 1.29 is 14.3 Å². The first-order valence-corrected chi connectivity index (χ1v) is 5.26. The van der Waals surface area contributed by atoms with Crippen LogP contribution in [-0.4, -0.2) is 25.0 Å². The molecule has 4 nitrogen and oxygen atoms in total. The third kappa shape index (κ3) is 9.00. The lowest BCUT2D eigenvalue weighted by atomic mass is 10.3. The normalized spacial score (nSPS) is 9.40. The van der Waals surface area contributed by atoms with Crippen LogP contribution in [0, 0.1) is 0 Å². The van der Waals surface area contributed by atoms with Gasteiger partial charge < -0.3 is 10.1 Å². The summed E-state index contributed by atoms with van der Waals surface area (Å²) in [7, 11) is 0. The number of hydrogen-bond donors (Lipinski definition) is 1. The summed E-state index contributed by atoms with van der Waals surface area (Å²) in [5.41, 5.74) is 0. The van der Waals surface area contributed by atoms with Crippen LogP contribution in [0.2, 0.25) is 0 Å². The van der Waals surface area contributed by atoms with Crippen molar-refractivity contribution in [2.75, 3.05) is 13.2 Å². The highest BCUT2D eigenvalue weighted by Gasteiger charge is 1.99. The SMILES string of the molecule is C=CC(=O)NCCCCOC(=O)CCC. The van der Waals surface area contributed by atoms with Crippen LogP contribution >= 0.6 is 0 Å². The zero-order valence-corrected chi connectivity index (χ0v) is 9.25. The summed E-state index contributed by atoms with van der Waals surface area (Å²) in [5, 5.41) is 2.65. The predicted octanol–water partition coefficient (Wildman–Crippen LogP) is 1.41. The molecule has 0 aromatic heterocycles. The van der Waals surface area contributed by atoms with Gasteiger partial charge in [0.05, 0.1) is 6.61 Å². The van der Waals surface area contributed by atoms with Crippen molar-refractivity contribution in [2.24, 2.45) is 0 Å². The highest BCUT2D eigenvalue weighted by atomic mass is 16.5. The van der Waals surface area contributed by atoms with Gasteiger partial charge in [-0.2, -0.15) is 0 Å². The Morgan fingerprint density at radius 3 is 2.73 bits per heavy atom. The smallest absolute Gasteiger partial charge is 0.305 e. The van der Waals surface area contributed by atoms with Crippen molar-refractivity contribution >= 4 is 11.9 Å². The molecule has 0 saturated heterocycles. The van der Waals surface area contributed by atoms with Crippen molar-refractivity contribution in [3.8, 4) is 0 Å². The Balaban J connectivity index is 3.21. The highest BCUT2D eigenvalue weighted by Crippen LogP contribution is 1.94. The minimum atomic E-state index is -0.169. The summed E-state index contributed by atoms with van der Waals surface area (Å²) in [6.45, 7) is 6.30. The van der Waals surface area contributed by atoms with Gasteiger partial charge in [0.1, 0.15) is 0 Å². The zero-order chi connectivity index (χ0) is 11.5. The van der Waals surface area contributed by atoms with Gasteiger partial charge in [-0.3, -0.25) is 9.59 Å². The van der Waals surface area contributed by atoms with E-state index in [-0.39, 0.29) is 11.9 Å². The van der Waals surface area contributed by atoms with E-state index in [1.807, 2.05) is 6.92 Å². The largest absolute Gasteiger partial charge is 0.466 e. The van der Waals surface area contributed by atoms with Crippen LogP contribution in [0.3, 0.4) is 0 Å². The van der Waals surface area contributed by atoms with Crippen LogP contribution in [0.4, 0.5) is 0 Å². The Labute approximate surface area is 90.7 Å². The van der Waals surface area contributed by atoms with E-state index in [0.717, 1.165) is 19.3 Å². The molecule has 0 radical (unpaired) electrons. The molecule has 0 fully saturated rings. The number of rotatable bonds is 8. The quantitative estimate of drug-likeness (QED) is 0.377. The summed E-state index contributed by atoms with van der Waals surface area (Å²) in [5.74, 6) is -0.314. The summed E-state index contributed by atoms with van der Waals surface area (Å²) >= 11 is 0. The number of hydrogen-bond acceptors (Lipinski definition) is 3. The third-order valence-electron chi connectivity index (χ3n) is 1.77. The zero-order valence-electron chi connectivity index (χ0n) is 9.25. The first kappa shape index (κ1) is 13.7. The minimum Gasteiger partial charge on any atom is -0.466 e. The van der Waals surface area contributed by atoms with Crippen molar-refractivity contribution in [1.82, 2.24) is 5.32 Å². The maximum atomic E-state index is 10.9. The summed E-state index contributed by atoms with van der Waals surface area (Å²) in [4.78, 5) is 21.6. The van der Waals surface area contributed by atoms with E-state index in [2.05, 4.69) is 11.9 Å². The van der Waals surface area contributed by atoms with Gasteiger partial charge >= 0.3 is 5.97 Å². The van der Waals surface area contributed by atoms with Gasteiger partial charge in [-0.05, 0) is 25.3 Å². The van der Waals surface area contributed by atoms with Crippen LogP contribution in [0.15, 0.2) is 12.7 Å². The minimum absolute atomic E-state index is 0.146. The van der Waals surface area contributed by atoms with Gasteiger partial charge in [-0.15, -0.1) is 0 Å². The molecule has 0 atom stereocenters. The third-order valence-corrected chi connectivity index (χ3v) is 1.77. The molecule has 0 heterocycles. The molecule has 0 rings (SSSR count). The highest BCUT2D eigenvalue weighted by molar-refractivity contribution is 5.86. The summed E-state index contributed by atoms with van der Waals surface area (Å²) in [6, 6.07) is 0. The van der Waals surface area contributed by atoms with Gasteiger partial charge in [0.25, 0.3) is 0 Å². The molecule has 0 bridgehead atoms. The lowest BCUT2D eigenvalue weighted by Crippen LogP contribution is -2.22.